The molecule has 96 valence electrons. The van der Waals surface area contributed by atoms with Crippen molar-refractivity contribution in [1.29, 1.82) is 0 Å². The minimum Gasteiger partial charge on any atom is -0.300 e. The first kappa shape index (κ1) is 15.4. The lowest BCUT2D eigenvalue weighted by molar-refractivity contribution is -0.233. The fourth-order valence-corrected chi connectivity index (χ4v) is 2.60. The monoisotopic (exact) mass is 252 g/mol. The summed E-state index contributed by atoms with van der Waals surface area (Å²) in [5.41, 5.74) is 0. The van der Waals surface area contributed by atoms with Crippen LogP contribution >= 0.6 is 0 Å². The molecule has 0 rings (SSSR count). The minimum atomic E-state index is -3.49. The van der Waals surface area contributed by atoms with Gasteiger partial charge in [0.15, 0.2) is 15.1 Å². The van der Waals surface area contributed by atoms with Crippen LogP contribution in [0.2, 0.25) is 0 Å². The second kappa shape index (κ2) is 7.62. The summed E-state index contributed by atoms with van der Waals surface area (Å²) in [6.07, 6.45) is 4.58. The van der Waals surface area contributed by atoms with Crippen molar-refractivity contribution in [3.63, 3.8) is 0 Å². The standard InChI is InChI=1S/C10H20O5S/c1-3-4-5-6-7-8-16(13,14)9(2)10(11)15-12/h9,12H,3-8H2,1-2H3/t9-/m0/s1. The Morgan fingerprint density at radius 3 is 2.31 bits per heavy atom. The third-order valence-corrected chi connectivity index (χ3v) is 4.62. The Hall–Kier alpha value is -0.620. The average Bonchev–Trinajstić information content (AvgIpc) is 2.26. The molecule has 0 aromatic heterocycles. The minimum absolute atomic E-state index is 0.0347. The van der Waals surface area contributed by atoms with E-state index in [9.17, 15) is 13.2 Å². The second-order valence-electron chi connectivity index (χ2n) is 3.83. The fourth-order valence-electron chi connectivity index (χ4n) is 1.30. The van der Waals surface area contributed by atoms with E-state index in [-0.39, 0.29) is 5.75 Å². The van der Waals surface area contributed by atoms with E-state index in [4.69, 9.17) is 5.26 Å². The molecule has 0 amide bonds. The molecule has 1 atom stereocenters. The summed E-state index contributed by atoms with van der Waals surface area (Å²) in [6.45, 7) is 3.30. The van der Waals surface area contributed by atoms with E-state index < -0.39 is 21.1 Å². The molecule has 0 bridgehead atoms. The molecule has 6 heteroatoms. The topological polar surface area (TPSA) is 80.7 Å². The van der Waals surface area contributed by atoms with Gasteiger partial charge in [-0.2, -0.15) is 5.26 Å². The van der Waals surface area contributed by atoms with Crippen LogP contribution in [-0.2, 0) is 19.5 Å². The van der Waals surface area contributed by atoms with Gasteiger partial charge in [0.2, 0.25) is 0 Å². The molecule has 0 aliphatic rings. The highest BCUT2D eigenvalue weighted by molar-refractivity contribution is 7.92. The highest BCUT2D eigenvalue weighted by Crippen LogP contribution is 2.09. The number of carbonyl (C=O) groups excluding carboxylic acids is 1. The first-order chi connectivity index (χ1) is 7.45. The molecule has 0 fully saturated rings. The van der Waals surface area contributed by atoms with Gasteiger partial charge >= 0.3 is 5.97 Å². The maximum Gasteiger partial charge on any atom is 0.359 e. The number of sulfone groups is 1. The third kappa shape index (κ3) is 5.46. The normalized spacial score (nSPS) is 13.4. The molecule has 0 aliphatic carbocycles. The molecule has 5 nitrogen and oxygen atoms in total. The predicted octanol–water partition coefficient (Wildman–Crippen LogP) is 1.78. The van der Waals surface area contributed by atoms with Gasteiger partial charge in [-0.15, -0.1) is 0 Å². The van der Waals surface area contributed by atoms with Crippen LogP contribution in [0.1, 0.15) is 46.0 Å². The summed E-state index contributed by atoms with van der Waals surface area (Å²) >= 11 is 0. The molecule has 1 N–H and O–H groups in total. The lowest BCUT2D eigenvalue weighted by Crippen LogP contribution is -2.30. The molecule has 0 aromatic carbocycles. The Balaban J connectivity index is 4.01. The third-order valence-electron chi connectivity index (χ3n) is 2.49. The summed E-state index contributed by atoms with van der Waals surface area (Å²) in [5, 5.41) is 6.81. The zero-order valence-electron chi connectivity index (χ0n) is 9.81. The lowest BCUT2D eigenvalue weighted by atomic mass is 10.2. The molecular formula is C10H20O5S. The van der Waals surface area contributed by atoms with Gasteiger partial charge in [-0.1, -0.05) is 32.6 Å². The van der Waals surface area contributed by atoms with E-state index in [1.807, 2.05) is 0 Å². The molecular weight excluding hydrogens is 232 g/mol. The summed E-state index contributed by atoms with van der Waals surface area (Å²) in [5.74, 6) is -1.15. The van der Waals surface area contributed by atoms with Gasteiger partial charge < -0.3 is 0 Å². The Labute approximate surface area is 96.6 Å². The Morgan fingerprint density at radius 1 is 1.25 bits per heavy atom. The van der Waals surface area contributed by atoms with E-state index in [0.717, 1.165) is 25.7 Å². The smallest absolute Gasteiger partial charge is 0.300 e. The zero-order valence-corrected chi connectivity index (χ0v) is 10.6. The highest BCUT2D eigenvalue weighted by Gasteiger charge is 2.29. The first-order valence-corrected chi connectivity index (χ1v) is 7.24. The van der Waals surface area contributed by atoms with Gasteiger partial charge in [-0.3, -0.25) is 4.89 Å². The van der Waals surface area contributed by atoms with Gasteiger partial charge in [-0.25, -0.2) is 13.2 Å². The summed E-state index contributed by atoms with van der Waals surface area (Å²) in [4.78, 5) is 14.3. The largest absolute Gasteiger partial charge is 0.359 e. The van der Waals surface area contributed by atoms with E-state index in [0.29, 0.717) is 6.42 Å². The molecule has 0 aromatic rings. The van der Waals surface area contributed by atoms with Crippen molar-refractivity contribution >= 4 is 15.8 Å². The maximum absolute atomic E-state index is 11.6. The quantitative estimate of drug-likeness (QED) is 0.404. The van der Waals surface area contributed by atoms with Gasteiger partial charge in [0.1, 0.15) is 0 Å². The fraction of sp³-hybridized carbons (Fsp3) is 0.900. The molecule has 0 radical (unpaired) electrons. The highest BCUT2D eigenvalue weighted by atomic mass is 32.2. The van der Waals surface area contributed by atoms with Crippen LogP contribution in [0.3, 0.4) is 0 Å². The van der Waals surface area contributed by atoms with Crippen LogP contribution < -0.4 is 0 Å². The molecule has 0 aliphatic heterocycles. The molecule has 0 unspecified atom stereocenters. The molecule has 16 heavy (non-hydrogen) atoms. The first-order valence-electron chi connectivity index (χ1n) is 5.52. The van der Waals surface area contributed by atoms with Crippen LogP contribution in [-0.4, -0.2) is 30.6 Å². The van der Waals surface area contributed by atoms with Gasteiger partial charge in [-0.05, 0) is 13.3 Å². The van der Waals surface area contributed by atoms with Gasteiger partial charge in [0.05, 0.1) is 5.75 Å². The molecule has 0 saturated carbocycles. The van der Waals surface area contributed by atoms with Crippen molar-refractivity contribution in [1.82, 2.24) is 0 Å². The number of hydrogen-bond acceptors (Lipinski definition) is 5. The number of hydrogen-bond donors (Lipinski definition) is 1. The second-order valence-corrected chi connectivity index (χ2v) is 6.27. The van der Waals surface area contributed by atoms with Crippen molar-refractivity contribution in [2.45, 2.75) is 51.2 Å². The summed E-state index contributed by atoms with van der Waals surface area (Å²) in [6, 6.07) is 0. The number of carbonyl (C=O) groups is 1. The van der Waals surface area contributed by atoms with Crippen molar-refractivity contribution in [3.8, 4) is 0 Å². The Bertz CT molecular complexity index is 296. The van der Waals surface area contributed by atoms with Crippen LogP contribution in [0.15, 0.2) is 0 Å². The Kier molecular flexibility index (Phi) is 7.33. The summed E-state index contributed by atoms with van der Waals surface area (Å²) < 4.78 is 23.1. The van der Waals surface area contributed by atoms with Gasteiger partial charge in [0.25, 0.3) is 0 Å². The summed E-state index contributed by atoms with van der Waals surface area (Å²) in [7, 11) is -3.49. The van der Waals surface area contributed by atoms with Crippen LogP contribution in [0, 0.1) is 0 Å². The van der Waals surface area contributed by atoms with Crippen molar-refractivity contribution in [2.24, 2.45) is 0 Å². The zero-order chi connectivity index (χ0) is 12.6. The number of unbranched alkanes of at least 4 members (excludes halogenated alkanes) is 4. The maximum atomic E-state index is 11.6. The van der Waals surface area contributed by atoms with Crippen LogP contribution in [0.4, 0.5) is 0 Å². The SMILES string of the molecule is CCCCCCCS(=O)(=O)[C@@H](C)C(=O)OO. The van der Waals surface area contributed by atoms with Crippen molar-refractivity contribution < 1.29 is 23.4 Å². The average molecular weight is 252 g/mol. The van der Waals surface area contributed by atoms with E-state index >= 15 is 0 Å². The van der Waals surface area contributed by atoms with E-state index in [1.165, 1.54) is 6.92 Å². The molecule has 0 saturated heterocycles. The van der Waals surface area contributed by atoms with Gasteiger partial charge in [0, 0.05) is 0 Å². The van der Waals surface area contributed by atoms with E-state index in [1.54, 1.807) is 0 Å². The number of rotatable bonds is 8. The lowest BCUT2D eigenvalue weighted by Gasteiger charge is -2.09. The molecule has 0 heterocycles. The van der Waals surface area contributed by atoms with E-state index in [2.05, 4.69) is 11.8 Å². The van der Waals surface area contributed by atoms with Crippen LogP contribution in [0.25, 0.3) is 0 Å². The van der Waals surface area contributed by atoms with Crippen molar-refractivity contribution in [2.75, 3.05) is 5.75 Å². The van der Waals surface area contributed by atoms with Crippen LogP contribution in [0.5, 0.6) is 0 Å². The molecule has 0 spiro atoms. The predicted molar refractivity (Wildman–Crippen MR) is 60.7 cm³/mol. The van der Waals surface area contributed by atoms with Crippen molar-refractivity contribution in [3.05, 3.63) is 0 Å². The Morgan fingerprint density at radius 2 is 1.81 bits per heavy atom.